The Hall–Kier alpha value is -1.02. The molecule has 2 nitrogen and oxygen atoms in total. The van der Waals surface area contributed by atoms with E-state index in [1.54, 1.807) is 0 Å². The highest BCUT2D eigenvalue weighted by Crippen LogP contribution is 2.05. The van der Waals surface area contributed by atoms with Gasteiger partial charge in [-0.2, -0.15) is 0 Å². The number of nitrogens with zero attached hydrogens (tertiary/aromatic N) is 1. The first kappa shape index (κ1) is 6.68. The monoisotopic (exact) mass is 167 g/mol. The Morgan fingerprint density at radius 3 is 3.00 bits per heavy atom. The zero-order valence-electron chi connectivity index (χ0n) is 5.92. The summed E-state index contributed by atoms with van der Waals surface area (Å²) in [6, 6.07) is 8.55. The molecule has 2 rings (SSSR count). The molecule has 1 N–H and O–H groups in total. The van der Waals surface area contributed by atoms with E-state index in [0.29, 0.717) is 6.00 Å². The highest BCUT2D eigenvalue weighted by Gasteiger charge is 2.05. The first-order chi connectivity index (χ1) is 5.42. The second kappa shape index (κ2) is 2.55. The summed E-state index contributed by atoms with van der Waals surface area (Å²) < 4.78 is 1.96. The van der Waals surface area contributed by atoms with Crippen molar-refractivity contribution >= 4 is 22.6 Å². The smallest absolute Gasteiger partial charge is 0.243 e. The van der Waals surface area contributed by atoms with Crippen molar-refractivity contribution in [3.8, 4) is 0 Å². The summed E-state index contributed by atoms with van der Waals surface area (Å²) in [5.41, 5.74) is 2.26. The van der Waals surface area contributed by atoms with Crippen LogP contribution in [0.25, 0.3) is 11.0 Å². The molecule has 0 unspecified atom stereocenters. The number of rotatable bonds is 1. The number of halogens is 1. The largest absolute Gasteiger partial charge is 0.243 e. The van der Waals surface area contributed by atoms with Crippen LogP contribution < -0.4 is 4.57 Å². The topological polar surface area (TPSA) is 19.7 Å². The van der Waals surface area contributed by atoms with Gasteiger partial charge in [0.05, 0.1) is 0 Å². The third kappa shape index (κ3) is 0.994. The lowest BCUT2D eigenvalue weighted by atomic mass is 10.3. The maximum Gasteiger partial charge on any atom is 0.243 e. The fraction of sp³-hybridized carbons (Fsp3) is 0.125. The summed E-state index contributed by atoms with van der Waals surface area (Å²) in [6.45, 7) is 0. The molecule has 0 amide bonds. The number of hydrogen-bond donors (Lipinski definition) is 1. The van der Waals surface area contributed by atoms with Crippen LogP contribution in [-0.4, -0.2) is 4.98 Å². The predicted molar refractivity (Wildman–Crippen MR) is 44.3 cm³/mol. The molecule has 0 fully saturated rings. The number of alkyl halides is 1. The second-order valence-electron chi connectivity index (χ2n) is 2.38. The van der Waals surface area contributed by atoms with Crippen LogP contribution >= 0.6 is 11.6 Å². The van der Waals surface area contributed by atoms with Gasteiger partial charge < -0.3 is 0 Å². The summed E-state index contributed by atoms with van der Waals surface area (Å²) in [7, 11) is 0. The van der Waals surface area contributed by atoms with Gasteiger partial charge in [-0.15, -0.1) is 0 Å². The van der Waals surface area contributed by atoms with Gasteiger partial charge in [0.2, 0.25) is 6.33 Å². The highest BCUT2D eigenvalue weighted by atomic mass is 35.5. The Morgan fingerprint density at radius 2 is 2.18 bits per heavy atom. The molecule has 1 aromatic heterocycles. The minimum absolute atomic E-state index is 0.490. The number of fused-ring (bicyclic) bond motifs is 1. The SMILES string of the molecule is ClC[n+]1c[nH]c2ccccc21. The molecule has 1 heterocycles. The van der Waals surface area contributed by atoms with Gasteiger partial charge in [-0.05, 0) is 12.1 Å². The van der Waals surface area contributed by atoms with E-state index in [-0.39, 0.29) is 0 Å². The second-order valence-corrected chi connectivity index (χ2v) is 2.62. The van der Waals surface area contributed by atoms with Crippen LogP contribution in [-0.2, 0) is 6.00 Å². The van der Waals surface area contributed by atoms with Crippen molar-refractivity contribution in [2.45, 2.75) is 6.00 Å². The van der Waals surface area contributed by atoms with Crippen molar-refractivity contribution in [2.75, 3.05) is 0 Å². The molecule has 0 aliphatic carbocycles. The Kier molecular flexibility index (Phi) is 1.55. The van der Waals surface area contributed by atoms with Crippen molar-refractivity contribution in [3.05, 3.63) is 30.6 Å². The lowest BCUT2D eigenvalue weighted by Gasteiger charge is -1.86. The van der Waals surface area contributed by atoms with Gasteiger partial charge in [0.15, 0.2) is 17.0 Å². The van der Waals surface area contributed by atoms with Crippen molar-refractivity contribution in [1.82, 2.24) is 4.98 Å². The standard InChI is InChI=1S/C8H7ClN2/c9-5-11-6-10-7-3-1-2-4-8(7)11/h1-4,6H,5H2/p+1. The van der Waals surface area contributed by atoms with Crippen LogP contribution in [0.2, 0.25) is 0 Å². The molecule has 0 aliphatic heterocycles. The molecule has 0 aliphatic rings. The molecule has 11 heavy (non-hydrogen) atoms. The highest BCUT2D eigenvalue weighted by molar-refractivity contribution is 6.14. The van der Waals surface area contributed by atoms with Crippen LogP contribution in [0.4, 0.5) is 0 Å². The van der Waals surface area contributed by atoms with E-state index in [2.05, 4.69) is 4.98 Å². The van der Waals surface area contributed by atoms with E-state index in [4.69, 9.17) is 11.6 Å². The Bertz CT molecular complexity index is 367. The maximum atomic E-state index is 5.69. The van der Waals surface area contributed by atoms with Crippen LogP contribution in [0, 0.1) is 0 Å². The molecule has 0 spiro atoms. The number of aromatic nitrogens is 2. The molecule has 0 bridgehead atoms. The number of imidazole rings is 1. The number of benzene rings is 1. The first-order valence-corrected chi connectivity index (χ1v) is 3.97. The number of nitrogens with one attached hydrogen (secondary N) is 1. The summed E-state index contributed by atoms with van der Waals surface area (Å²) in [5, 5.41) is 0. The van der Waals surface area contributed by atoms with Gasteiger partial charge >= 0.3 is 0 Å². The van der Waals surface area contributed by atoms with Crippen molar-refractivity contribution < 1.29 is 4.57 Å². The number of para-hydroxylation sites is 2. The molecule has 1 aromatic carbocycles. The average Bonchev–Trinajstić information content (AvgIpc) is 2.47. The summed E-state index contributed by atoms with van der Waals surface area (Å²) in [4.78, 5) is 3.12. The normalized spacial score (nSPS) is 10.6. The van der Waals surface area contributed by atoms with Gasteiger partial charge in [0, 0.05) is 0 Å². The molecule has 56 valence electrons. The van der Waals surface area contributed by atoms with Gasteiger partial charge in [0.25, 0.3) is 0 Å². The molecule has 0 saturated heterocycles. The lowest BCUT2D eigenvalue weighted by Crippen LogP contribution is -2.28. The average molecular weight is 168 g/mol. The van der Waals surface area contributed by atoms with Gasteiger partial charge in [-0.25, -0.2) is 9.55 Å². The Balaban J connectivity index is 2.76. The molecular weight excluding hydrogens is 160 g/mol. The minimum Gasteiger partial charge on any atom is -0.243 e. The van der Waals surface area contributed by atoms with E-state index >= 15 is 0 Å². The van der Waals surface area contributed by atoms with Crippen molar-refractivity contribution in [2.24, 2.45) is 0 Å². The number of H-pyrrole nitrogens is 1. The summed E-state index contributed by atoms with van der Waals surface area (Å²) >= 11 is 5.69. The van der Waals surface area contributed by atoms with Crippen LogP contribution in [0.5, 0.6) is 0 Å². The zero-order valence-corrected chi connectivity index (χ0v) is 6.67. The van der Waals surface area contributed by atoms with Crippen molar-refractivity contribution in [1.29, 1.82) is 0 Å². The third-order valence-corrected chi connectivity index (χ3v) is 1.98. The predicted octanol–water partition coefficient (Wildman–Crippen LogP) is 1.65. The van der Waals surface area contributed by atoms with E-state index in [0.717, 1.165) is 11.0 Å². The van der Waals surface area contributed by atoms with Gasteiger partial charge in [-0.3, -0.25) is 0 Å². The fourth-order valence-corrected chi connectivity index (χ4v) is 1.36. The first-order valence-electron chi connectivity index (χ1n) is 3.43. The van der Waals surface area contributed by atoms with E-state index < -0.39 is 0 Å². The van der Waals surface area contributed by atoms with Gasteiger partial charge in [0.1, 0.15) is 0 Å². The number of aromatic amines is 1. The van der Waals surface area contributed by atoms with E-state index in [9.17, 15) is 0 Å². The number of hydrogen-bond acceptors (Lipinski definition) is 0. The van der Waals surface area contributed by atoms with Crippen LogP contribution in [0.15, 0.2) is 30.6 Å². The van der Waals surface area contributed by atoms with Gasteiger partial charge in [-0.1, -0.05) is 23.7 Å². The van der Waals surface area contributed by atoms with Crippen molar-refractivity contribution in [3.63, 3.8) is 0 Å². The third-order valence-electron chi connectivity index (χ3n) is 1.72. The van der Waals surface area contributed by atoms with E-state index in [1.165, 1.54) is 0 Å². The zero-order chi connectivity index (χ0) is 7.68. The van der Waals surface area contributed by atoms with Crippen LogP contribution in [0.3, 0.4) is 0 Å². The molecular formula is C8H8ClN2+. The summed E-state index contributed by atoms with van der Waals surface area (Å²) in [5.74, 6) is 0. The summed E-state index contributed by atoms with van der Waals surface area (Å²) in [6.07, 6.45) is 1.87. The quantitative estimate of drug-likeness (QED) is 0.492. The minimum atomic E-state index is 0.490. The van der Waals surface area contributed by atoms with E-state index in [1.807, 2.05) is 35.2 Å². The maximum absolute atomic E-state index is 5.69. The molecule has 0 radical (unpaired) electrons. The molecule has 0 atom stereocenters. The molecule has 3 heteroatoms. The molecule has 0 saturated carbocycles. The van der Waals surface area contributed by atoms with Crippen LogP contribution in [0.1, 0.15) is 0 Å². The lowest BCUT2D eigenvalue weighted by molar-refractivity contribution is -0.651. The Labute approximate surface area is 69.4 Å². The fourth-order valence-electron chi connectivity index (χ4n) is 1.16. The Morgan fingerprint density at radius 1 is 1.36 bits per heavy atom. The molecule has 2 aromatic rings.